The summed E-state index contributed by atoms with van der Waals surface area (Å²) >= 11 is 0. The van der Waals surface area contributed by atoms with E-state index in [-0.39, 0.29) is 17.2 Å². The number of rotatable bonds is 5. The molecule has 1 aromatic carbocycles. The van der Waals surface area contributed by atoms with Crippen LogP contribution in [0.25, 0.3) is 0 Å². The fourth-order valence-electron chi connectivity index (χ4n) is 1.48. The van der Waals surface area contributed by atoms with E-state index in [2.05, 4.69) is 5.32 Å². The van der Waals surface area contributed by atoms with Crippen LogP contribution < -0.4 is 10.5 Å². The second-order valence-corrected chi connectivity index (χ2v) is 6.23. The highest BCUT2D eigenvalue weighted by Gasteiger charge is 2.19. The first-order valence-electron chi connectivity index (χ1n) is 5.37. The van der Waals surface area contributed by atoms with Gasteiger partial charge in [-0.3, -0.25) is 0 Å². The number of halogens is 1. The fraction of sp³-hybridized carbons (Fsp3) is 0.455. The lowest BCUT2D eigenvalue weighted by Gasteiger charge is -2.27. The summed E-state index contributed by atoms with van der Waals surface area (Å²) in [6, 6.07) is 3.41. The van der Waals surface area contributed by atoms with Crippen molar-refractivity contribution in [2.75, 3.05) is 11.9 Å². The molecule has 0 bridgehead atoms. The van der Waals surface area contributed by atoms with Gasteiger partial charge in [0.2, 0.25) is 10.0 Å². The number of hydrogen-bond acceptors (Lipinski definition) is 4. The molecule has 7 heteroatoms. The van der Waals surface area contributed by atoms with Crippen molar-refractivity contribution in [3.8, 4) is 0 Å². The Kier molecular flexibility index (Phi) is 4.31. The van der Waals surface area contributed by atoms with Crippen LogP contribution >= 0.6 is 0 Å². The number of aliphatic hydroxyl groups excluding tert-OH is 1. The lowest BCUT2D eigenvalue weighted by molar-refractivity contribution is 0.260. The van der Waals surface area contributed by atoms with E-state index < -0.39 is 21.4 Å². The molecule has 0 saturated carbocycles. The summed E-state index contributed by atoms with van der Waals surface area (Å²) in [5.74, 6) is -0.701. The molecule has 0 heterocycles. The van der Waals surface area contributed by atoms with E-state index >= 15 is 0 Å². The minimum atomic E-state index is -3.90. The predicted molar refractivity (Wildman–Crippen MR) is 67.2 cm³/mol. The van der Waals surface area contributed by atoms with Gasteiger partial charge in [-0.2, -0.15) is 0 Å². The van der Waals surface area contributed by atoms with E-state index in [9.17, 15) is 12.8 Å². The second-order valence-electron chi connectivity index (χ2n) is 4.67. The lowest BCUT2D eigenvalue weighted by atomic mass is 10.0. The number of anilines is 1. The lowest BCUT2D eigenvalue weighted by Crippen LogP contribution is -2.32. The Bertz CT molecular complexity index is 529. The maximum atomic E-state index is 13.7. The molecule has 0 atom stereocenters. The summed E-state index contributed by atoms with van der Waals surface area (Å²) in [5, 5.41) is 16.7. The molecule has 5 nitrogen and oxygen atoms in total. The highest BCUT2D eigenvalue weighted by molar-refractivity contribution is 7.89. The molecule has 0 amide bonds. The standard InChI is InChI=1S/C11H17FN2O3S/c1-11(2,5-6-15)14-10-4-3-8(7-9(10)12)18(13,16)17/h3-4,7,14-15H,5-6H2,1-2H3,(H2,13,16,17). The number of primary sulfonamides is 1. The third kappa shape index (κ3) is 3.94. The fourth-order valence-corrected chi connectivity index (χ4v) is 2.01. The molecule has 0 aliphatic heterocycles. The number of aliphatic hydroxyl groups is 1. The topological polar surface area (TPSA) is 92.4 Å². The molecule has 0 aromatic heterocycles. The van der Waals surface area contributed by atoms with Crippen molar-refractivity contribution in [3.05, 3.63) is 24.0 Å². The van der Waals surface area contributed by atoms with Crippen LogP contribution in [0.4, 0.5) is 10.1 Å². The first-order chi connectivity index (χ1) is 8.15. The molecule has 0 aliphatic carbocycles. The molecule has 0 fully saturated rings. The molecule has 18 heavy (non-hydrogen) atoms. The average molecular weight is 276 g/mol. The van der Waals surface area contributed by atoms with E-state index in [1.165, 1.54) is 12.1 Å². The summed E-state index contributed by atoms with van der Waals surface area (Å²) < 4.78 is 35.8. The van der Waals surface area contributed by atoms with Crippen LogP contribution in [0.3, 0.4) is 0 Å². The third-order valence-corrected chi connectivity index (χ3v) is 3.39. The van der Waals surface area contributed by atoms with Gasteiger partial charge < -0.3 is 10.4 Å². The van der Waals surface area contributed by atoms with Crippen LogP contribution in [0.15, 0.2) is 23.1 Å². The van der Waals surface area contributed by atoms with Gasteiger partial charge in [0, 0.05) is 12.1 Å². The molecule has 4 N–H and O–H groups in total. The molecule has 0 saturated heterocycles. The molecule has 1 rings (SSSR count). The van der Waals surface area contributed by atoms with Gasteiger partial charge in [0.15, 0.2) is 0 Å². The van der Waals surface area contributed by atoms with Gasteiger partial charge in [0.05, 0.1) is 10.6 Å². The van der Waals surface area contributed by atoms with Crippen molar-refractivity contribution >= 4 is 15.7 Å². The van der Waals surface area contributed by atoms with Crippen molar-refractivity contribution in [1.29, 1.82) is 0 Å². The first-order valence-corrected chi connectivity index (χ1v) is 6.92. The van der Waals surface area contributed by atoms with Crippen LogP contribution in [-0.2, 0) is 10.0 Å². The normalized spacial score (nSPS) is 12.5. The van der Waals surface area contributed by atoms with Crippen molar-refractivity contribution in [2.24, 2.45) is 5.14 Å². The predicted octanol–water partition coefficient (Wildman–Crippen LogP) is 1.05. The molecule has 0 unspecified atom stereocenters. The molecular formula is C11H17FN2O3S. The van der Waals surface area contributed by atoms with Crippen molar-refractivity contribution in [2.45, 2.75) is 30.7 Å². The largest absolute Gasteiger partial charge is 0.396 e. The second kappa shape index (κ2) is 5.21. The first kappa shape index (κ1) is 14.9. The van der Waals surface area contributed by atoms with Crippen molar-refractivity contribution in [3.63, 3.8) is 0 Å². The summed E-state index contributed by atoms with van der Waals surface area (Å²) in [5.41, 5.74) is -0.334. The van der Waals surface area contributed by atoms with E-state index in [0.29, 0.717) is 6.42 Å². The summed E-state index contributed by atoms with van der Waals surface area (Å²) in [7, 11) is -3.90. The van der Waals surface area contributed by atoms with Crippen LogP contribution in [-0.4, -0.2) is 25.7 Å². The minimum absolute atomic E-state index is 0.0309. The number of nitrogens with two attached hydrogens (primary N) is 1. The summed E-state index contributed by atoms with van der Waals surface area (Å²) in [6.07, 6.45) is 0.434. The molecule has 0 aliphatic rings. The molecule has 102 valence electrons. The molecule has 0 spiro atoms. The van der Waals surface area contributed by atoms with E-state index in [4.69, 9.17) is 10.2 Å². The van der Waals surface area contributed by atoms with Gasteiger partial charge >= 0.3 is 0 Å². The molecular weight excluding hydrogens is 259 g/mol. The Labute approximate surface area is 106 Å². The van der Waals surface area contributed by atoms with E-state index in [1.807, 2.05) is 0 Å². The van der Waals surface area contributed by atoms with Crippen LogP contribution in [0.5, 0.6) is 0 Å². The van der Waals surface area contributed by atoms with Gasteiger partial charge in [-0.05, 0) is 38.5 Å². The monoisotopic (exact) mass is 276 g/mol. The van der Waals surface area contributed by atoms with Gasteiger partial charge in [-0.1, -0.05) is 0 Å². The minimum Gasteiger partial charge on any atom is -0.396 e. The zero-order valence-electron chi connectivity index (χ0n) is 10.3. The number of benzene rings is 1. The maximum Gasteiger partial charge on any atom is 0.238 e. The third-order valence-electron chi connectivity index (χ3n) is 2.48. The highest BCUT2D eigenvalue weighted by Crippen LogP contribution is 2.23. The Hall–Kier alpha value is -1.18. The maximum absolute atomic E-state index is 13.7. The zero-order valence-corrected chi connectivity index (χ0v) is 11.1. The van der Waals surface area contributed by atoms with E-state index in [0.717, 1.165) is 6.07 Å². The summed E-state index contributed by atoms with van der Waals surface area (Å²) in [6.45, 7) is 3.57. The van der Waals surface area contributed by atoms with Gasteiger partial charge in [-0.15, -0.1) is 0 Å². The Morgan fingerprint density at radius 3 is 2.50 bits per heavy atom. The Balaban J connectivity index is 3.00. The zero-order chi connectivity index (χ0) is 14.0. The van der Waals surface area contributed by atoms with Gasteiger partial charge in [-0.25, -0.2) is 17.9 Å². The average Bonchev–Trinajstić information content (AvgIpc) is 2.19. The SMILES string of the molecule is CC(C)(CCO)Nc1ccc(S(N)(=O)=O)cc1F. The van der Waals surface area contributed by atoms with E-state index in [1.54, 1.807) is 13.8 Å². The molecule has 0 radical (unpaired) electrons. The Morgan fingerprint density at radius 2 is 2.06 bits per heavy atom. The van der Waals surface area contributed by atoms with Crippen LogP contribution in [0.2, 0.25) is 0 Å². The number of nitrogens with one attached hydrogen (secondary N) is 1. The van der Waals surface area contributed by atoms with Gasteiger partial charge in [0.25, 0.3) is 0 Å². The number of sulfonamides is 1. The van der Waals surface area contributed by atoms with Crippen LogP contribution in [0, 0.1) is 5.82 Å². The summed E-state index contributed by atoms with van der Waals surface area (Å²) in [4.78, 5) is -0.273. The van der Waals surface area contributed by atoms with Crippen LogP contribution in [0.1, 0.15) is 20.3 Å². The number of hydrogen-bond donors (Lipinski definition) is 3. The van der Waals surface area contributed by atoms with Crippen molar-refractivity contribution < 1.29 is 17.9 Å². The van der Waals surface area contributed by atoms with Gasteiger partial charge in [0.1, 0.15) is 5.82 Å². The highest BCUT2D eigenvalue weighted by atomic mass is 32.2. The molecule has 1 aromatic rings. The quantitative estimate of drug-likeness (QED) is 0.749. The smallest absolute Gasteiger partial charge is 0.238 e. The Morgan fingerprint density at radius 1 is 1.44 bits per heavy atom. The van der Waals surface area contributed by atoms with Crippen molar-refractivity contribution in [1.82, 2.24) is 0 Å².